The summed E-state index contributed by atoms with van der Waals surface area (Å²) in [6.45, 7) is 0. The molecule has 2 aliphatic rings. The topological polar surface area (TPSA) is 34.1 Å². The van der Waals surface area contributed by atoms with E-state index in [1.807, 2.05) is 0 Å². The van der Waals surface area contributed by atoms with Gasteiger partial charge in [-0.25, -0.2) is 0 Å². The first-order valence-corrected chi connectivity index (χ1v) is 5.32. The molecule has 0 aromatic heterocycles. The van der Waals surface area contributed by atoms with Crippen molar-refractivity contribution in [3.63, 3.8) is 0 Å². The Morgan fingerprint density at radius 3 is 2.46 bits per heavy atom. The van der Waals surface area contributed by atoms with Crippen LogP contribution >= 0.6 is 0 Å². The van der Waals surface area contributed by atoms with Gasteiger partial charge in [-0.05, 0) is 31.6 Å². The van der Waals surface area contributed by atoms with Gasteiger partial charge in [-0.2, -0.15) is 0 Å². The van der Waals surface area contributed by atoms with Crippen molar-refractivity contribution in [2.24, 2.45) is 11.8 Å². The van der Waals surface area contributed by atoms with Gasteiger partial charge in [-0.3, -0.25) is 9.59 Å². The van der Waals surface area contributed by atoms with Gasteiger partial charge in [-0.1, -0.05) is 0 Å². The van der Waals surface area contributed by atoms with Crippen LogP contribution in [-0.4, -0.2) is 11.6 Å². The Morgan fingerprint density at radius 1 is 1.00 bits per heavy atom. The molecule has 0 saturated heterocycles. The quantitative estimate of drug-likeness (QED) is 0.572. The first-order valence-electron chi connectivity index (χ1n) is 5.32. The summed E-state index contributed by atoms with van der Waals surface area (Å²) in [4.78, 5) is 22.9. The third kappa shape index (κ3) is 1.82. The van der Waals surface area contributed by atoms with Crippen molar-refractivity contribution in [2.75, 3.05) is 0 Å². The van der Waals surface area contributed by atoms with E-state index in [1.54, 1.807) is 0 Å². The standard InChI is InChI=1S/C11H16O2/c12-9-5-1-3-8-4-2-6-11(13)10(8)7-9/h8,10H,1-7H2/t8-,10+/m1/s1. The zero-order chi connectivity index (χ0) is 9.26. The van der Waals surface area contributed by atoms with Gasteiger partial charge >= 0.3 is 0 Å². The van der Waals surface area contributed by atoms with Crippen molar-refractivity contribution in [2.45, 2.75) is 44.9 Å². The molecule has 72 valence electrons. The van der Waals surface area contributed by atoms with Gasteiger partial charge in [0.25, 0.3) is 0 Å². The number of Topliss-reactive ketones (excluding diaryl/α,β-unsaturated/α-hetero) is 2. The van der Waals surface area contributed by atoms with E-state index in [1.165, 1.54) is 6.42 Å². The Hall–Kier alpha value is -0.660. The molecule has 0 N–H and O–H groups in total. The fraction of sp³-hybridized carbons (Fsp3) is 0.818. The van der Waals surface area contributed by atoms with E-state index in [-0.39, 0.29) is 5.92 Å². The SMILES string of the molecule is O=C1CCC[C@@H]2CCCC(=O)[C@H]2C1. The highest BCUT2D eigenvalue weighted by molar-refractivity contribution is 5.89. The molecule has 0 aromatic rings. The van der Waals surface area contributed by atoms with Crippen molar-refractivity contribution in [3.05, 3.63) is 0 Å². The molecule has 0 spiro atoms. The van der Waals surface area contributed by atoms with Crippen LogP contribution in [0.4, 0.5) is 0 Å². The molecule has 2 atom stereocenters. The average molecular weight is 180 g/mol. The van der Waals surface area contributed by atoms with Gasteiger partial charge in [0.15, 0.2) is 0 Å². The van der Waals surface area contributed by atoms with Gasteiger partial charge in [0.2, 0.25) is 0 Å². The van der Waals surface area contributed by atoms with Gasteiger partial charge in [0.05, 0.1) is 0 Å². The zero-order valence-electron chi connectivity index (χ0n) is 7.92. The maximum Gasteiger partial charge on any atom is 0.136 e. The van der Waals surface area contributed by atoms with E-state index in [9.17, 15) is 9.59 Å². The maximum absolute atomic E-state index is 11.6. The molecule has 0 bridgehead atoms. The van der Waals surface area contributed by atoms with E-state index in [0.717, 1.165) is 19.3 Å². The highest BCUT2D eigenvalue weighted by atomic mass is 16.1. The first-order chi connectivity index (χ1) is 6.27. The number of ketones is 2. The molecule has 2 heteroatoms. The van der Waals surface area contributed by atoms with E-state index in [4.69, 9.17) is 0 Å². The number of fused-ring (bicyclic) bond motifs is 1. The van der Waals surface area contributed by atoms with Crippen LogP contribution < -0.4 is 0 Å². The first kappa shape index (κ1) is 8.92. The Bertz CT molecular complexity index is 232. The molecule has 2 saturated carbocycles. The lowest BCUT2D eigenvalue weighted by Crippen LogP contribution is -2.28. The van der Waals surface area contributed by atoms with Crippen molar-refractivity contribution in [1.29, 1.82) is 0 Å². The monoisotopic (exact) mass is 180 g/mol. The smallest absolute Gasteiger partial charge is 0.136 e. The van der Waals surface area contributed by atoms with Crippen LogP contribution in [0.25, 0.3) is 0 Å². The van der Waals surface area contributed by atoms with Crippen LogP contribution in [0.5, 0.6) is 0 Å². The number of carbonyl (C=O) groups excluding carboxylic acids is 2. The minimum Gasteiger partial charge on any atom is -0.300 e. The molecule has 0 radical (unpaired) electrons. The minimum absolute atomic E-state index is 0.101. The van der Waals surface area contributed by atoms with E-state index >= 15 is 0 Å². The molecule has 0 amide bonds. The molecule has 13 heavy (non-hydrogen) atoms. The molecular weight excluding hydrogens is 164 g/mol. The zero-order valence-corrected chi connectivity index (χ0v) is 7.92. The highest BCUT2D eigenvalue weighted by Gasteiger charge is 2.34. The average Bonchev–Trinajstić information content (AvgIpc) is 2.28. The van der Waals surface area contributed by atoms with Crippen LogP contribution in [-0.2, 0) is 9.59 Å². The predicted molar refractivity (Wildman–Crippen MR) is 49.3 cm³/mol. The fourth-order valence-electron chi connectivity index (χ4n) is 2.72. The van der Waals surface area contributed by atoms with Crippen LogP contribution in [0.3, 0.4) is 0 Å². The molecule has 2 fully saturated rings. The lowest BCUT2D eigenvalue weighted by molar-refractivity contribution is -0.130. The Labute approximate surface area is 78.7 Å². The maximum atomic E-state index is 11.6. The van der Waals surface area contributed by atoms with Crippen LogP contribution in [0.15, 0.2) is 0 Å². The predicted octanol–water partition coefficient (Wildman–Crippen LogP) is 2.11. The van der Waals surface area contributed by atoms with E-state index < -0.39 is 0 Å². The lowest BCUT2D eigenvalue weighted by atomic mass is 9.75. The molecule has 2 rings (SSSR count). The summed E-state index contributed by atoms with van der Waals surface area (Å²) in [5, 5.41) is 0. The molecule has 2 aliphatic carbocycles. The van der Waals surface area contributed by atoms with Crippen LogP contribution in [0, 0.1) is 11.8 Å². The lowest BCUT2D eigenvalue weighted by Gasteiger charge is -2.27. The molecule has 0 unspecified atom stereocenters. The number of rotatable bonds is 0. The van der Waals surface area contributed by atoms with Crippen LogP contribution in [0.2, 0.25) is 0 Å². The number of hydrogen-bond donors (Lipinski definition) is 0. The van der Waals surface area contributed by atoms with Gasteiger partial charge in [-0.15, -0.1) is 0 Å². The third-order valence-corrected chi connectivity index (χ3v) is 3.46. The van der Waals surface area contributed by atoms with Gasteiger partial charge in [0.1, 0.15) is 11.6 Å². The Morgan fingerprint density at radius 2 is 1.69 bits per heavy atom. The third-order valence-electron chi connectivity index (χ3n) is 3.46. The second-order valence-corrected chi connectivity index (χ2v) is 4.36. The van der Waals surface area contributed by atoms with E-state index in [2.05, 4.69) is 0 Å². The minimum atomic E-state index is 0.101. The highest BCUT2D eigenvalue weighted by Crippen LogP contribution is 2.36. The largest absolute Gasteiger partial charge is 0.300 e. The van der Waals surface area contributed by atoms with Crippen molar-refractivity contribution < 1.29 is 9.59 Å². The summed E-state index contributed by atoms with van der Waals surface area (Å²) in [5.41, 5.74) is 0. The Kier molecular flexibility index (Phi) is 2.47. The Balaban J connectivity index is 2.12. The molecule has 0 aromatic carbocycles. The second kappa shape index (κ2) is 3.60. The fourth-order valence-corrected chi connectivity index (χ4v) is 2.72. The summed E-state index contributed by atoms with van der Waals surface area (Å²) < 4.78 is 0. The second-order valence-electron chi connectivity index (χ2n) is 4.36. The molecule has 0 aliphatic heterocycles. The van der Waals surface area contributed by atoms with Gasteiger partial charge in [0, 0.05) is 25.2 Å². The molecule has 0 heterocycles. The summed E-state index contributed by atoms with van der Waals surface area (Å²) in [6.07, 6.45) is 6.30. The van der Waals surface area contributed by atoms with E-state index in [0.29, 0.717) is 36.7 Å². The molecule has 2 nitrogen and oxygen atoms in total. The summed E-state index contributed by atoms with van der Waals surface area (Å²) >= 11 is 0. The summed E-state index contributed by atoms with van der Waals surface area (Å²) in [5.74, 6) is 1.30. The van der Waals surface area contributed by atoms with Crippen molar-refractivity contribution in [3.8, 4) is 0 Å². The van der Waals surface area contributed by atoms with Crippen LogP contribution in [0.1, 0.15) is 44.9 Å². The summed E-state index contributed by atoms with van der Waals surface area (Å²) in [7, 11) is 0. The van der Waals surface area contributed by atoms with Crippen molar-refractivity contribution >= 4 is 11.6 Å². The molecular formula is C11H16O2. The normalized spacial score (nSPS) is 35.4. The number of hydrogen-bond acceptors (Lipinski definition) is 2. The van der Waals surface area contributed by atoms with Gasteiger partial charge < -0.3 is 0 Å². The number of carbonyl (C=O) groups is 2. The summed E-state index contributed by atoms with van der Waals surface area (Å²) in [6, 6.07) is 0. The van der Waals surface area contributed by atoms with Crippen molar-refractivity contribution in [1.82, 2.24) is 0 Å².